The van der Waals surface area contributed by atoms with E-state index in [-0.39, 0.29) is 0 Å². The highest BCUT2D eigenvalue weighted by Crippen LogP contribution is 2.06. The lowest BCUT2D eigenvalue weighted by atomic mass is 10.2. The minimum absolute atomic E-state index is 0.944. The summed E-state index contributed by atoms with van der Waals surface area (Å²) in [5.74, 6) is 0. The third kappa shape index (κ3) is 5.53. The fraction of sp³-hybridized carbons (Fsp3) is 0.786. The quantitative estimate of drug-likeness (QED) is 0.529. The van der Waals surface area contributed by atoms with E-state index in [0.29, 0.717) is 0 Å². The van der Waals surface area contributed by atoms with Crippen molar-refractivity contribution < 1.29 is 0 Å². The highest BCUT2D eigenvalue weighted by molar-refractivity contribution is 9.09. The summed E-state index contributed by atoms with van der Waals surface area (Å²) in [6.07, 6.45) is 6.24. The zero-order valence-electron chi connectivity index (χ0n) is 11.7. The number of rotatable bonds is 10. The van der Waals surface area contributed by atoms with Gasteiger partial charge in [0, 0.05) is 18.4 Å². The van der Waals surface area contributed by atoms with Gasteiger partial charge in [0.05, 0.1) is 11.4 Å². The molecule has 0 unspecified atom stereocenters. The summed E-state index contributed by atoms with van der Waals surface area (Å²) >= 11 is 3.46. The Hall–Kier alpha value is -0.350. The average molecular weight is 316 g/mol. The topological polar surface area (TPSA) is 29.9 Å². The number of hydrogen-bond donors (Lipinski definition) is 1. The number of nitrogens with zero attached hydrogens (tertiary/aromatic N) is 2. The second-order valence-electron chi connectivity index (χ2n) is 4.58. The van der Waals surface area contributed by atoms with E-state index in [0.717, 1.165) is 31.4 Å². The second-order valence-corrected chi connectivity index (χ2v) is 5.37. The van der Waals surface area contributed by atoms with E-state index >= 15 is 0 Å². The molecule has 0 amide bonds. The summed E-state index contributed by atoms with van der Waals surface area (Å²) < 4.78 is 2.11. The Kier molecular flexibility index (Phi) is 8.34. The minimum atomic E-state index is 0.944. The van der Waals surface area contributed by atoms with Crippen LogP contribution >= 0.6 is 15.9 Å². The van der Waals surface area contributed by atoms with E-state index < -0.39 is 0 Å². The summed E-state index contributed by atoms with van der Waals surface area (Å²) in [5, 5.41) is 9.21. The molecule has 1 rings (SSSR count). The third-order valence-corrected chi connectivity index (χ3v) is 3.68. The lowest BCUT2D eigenvalue weighted by Crippen LogP contribution is -2.17. The highest BCUT2D eigenvalue weighted by atomic mass is 79.9. The summed E-state index contributed by atoms with van der Waals surface area (Å²) in [4.78, 5) is 0. The predicted molar refractivity (Wildman–Crippen MR) is 81.2 cm³/mol. The van der Waals surface area contributed by atoms with E-state index in [1.165, 1.54) is 37.1 Å². The Morgan fingerprint density at radius 2 is 2.00 bits per heavy atom. The molecule has 1 aromatic rings. The van der Waals surface area contributed by atoms with E-state index in [2.05, 4.69) is 50.9 Å². The van der Waals surface area contributed by atoms with Crippen molar-refractivity contribution in [1.82, 2.24) is 15.1 Å². The summed E-state index contributed by atoms with van der Waals surface area (Å²) in [6.45, 7) is 7.32. The van der Waals surface area contributed by atoms with E-state index in [1.807, 2.05) is 0 Å². The van der Waals surface area contributed by atoms with Gasteiger partial charge in [-0.25, -0.2) is 0 Å². The molecule has 1 N–H and O–H groups in total. The Morgan fingerprint density at radius 3 is 2.67 bits per heavy atom. The minimum Gasteiger partial charge on any atom is -0.311 e. The van der Waals surface area contributed by atoms with E-state index in [4.69, 9.17) is 0 Å². The molecule has 0 aliphatic heterocycles. The van der Waals surface area contributed by atoms with Gasteiger partial charge in [-0.15, -0.1) is 0 Å². The first-order chi connectivity index (χ1) is 8.81. The SMILES string of the molecule is CCc1cc(CNCCCCCCBr)n(CC)n1. The largest absolute Gasteiger partial charge is 0.311 e. The molecule has 0 radical (unpaired) electrons. The van der Waals surface area contributed by atoms with Crippen LogP contribution in [0.5, 0.6) is 0 Å². The molecule has 0 fully saturated rings. The van der Waals surface area contributed by atoms with Crippen LogP contribution in [0.1, 0.15) is 50.9 Å². The van der Waals surface area contributed by atoms with E-state index in [9.17, 15) is 0 Å². The van der Waals surface area contributed by atoms with Crippen molar-refractivity contribution in [2.75, 3.05) is 11.9 Å². The van der Waals surface area contributed by atoms with Gasteiger partial charge < -0.3 is 5.32 Å². The van der Waals surface area contributed by atoms with Crippen LogP contribution in [0.25, 0.3) is 0 Å². The first kappa shape index (κ1) is 15.7. The number of halogens is 1. The Morgan fingerprint density at radius 1 is 1.22 bits per heavy atom. The lowest BCUT2D eigenvalue weighted by molar-refractivity contribution is 0.556. The normalized spacial score (nSPS) is 11.1. The van der Waals surface area contributed by atoms with Gasteiger partial charge in [0.25, 0.3) is 0 Å². The number of aromatic nitrogens is 2. The van der Waals surface area contributed by atoms with Crippen molar-refractivity contribution in [3.8, 4) is 0 Å². The Balaban J connectivity index is 2.20. The molecule has 104 valence electrons. The van der Waals surface area contributed by atoms with Gasteiger partial charge in [-0.05, 0) is 38.8 Å². The molecule has 0 aromatic carbocycles. The van der Waals surface area contributed by atoms with Gasteiger partial charge in [-0.2, -0.15) is 5.10 Å². The van der Waals surface area contributed by atoms with Crippen LogP contribution < -0.4 is 5.32 Å². The number of hydrogen-bond acceptors (Lipinski definition) is 2. The van der Waals surface area contributed by atoms with Crippen molar-refractivity contribution in [2.24, 2.45) is 0 Å². The van der Waals surface area contributed by atoms with Crippen LogP contribution in [0.2, 0.25) is 0 Å². The zero-order chi connectivity index (χ0) is 13.2. The van der Waals surface area contributed by atoms with Crippen LogP contribution in [0.15, 0.2) is 6.07 Å². The number of aryl methyl sites for hydroxylation is 2. The predicted octanol–water partition coefficient (Wildman–Crippen LogP) is 3.51. The molecular weight excluding hydrogens is 290 g/mol. The fourth-order valence-electron chi connectivity index (χ4n) is 2.02. The third-order valence-electron chi connectivity index (χ3n) is 3.12. The van der Waals surface area contributed by atoms with Crippen molar-refractivity contribution >= 4 is 15.9 Å². The number of unbranched alkanes of at least 4 members (excludes halogenated alkanes) is 3. The van der Waals surface area contributed by atoms with Crippen LogP contribution in [0.4, 0.5) is 0 Å². The van der Waals surface area contributed by atoms with Crippen molar-refractivity contribution in [2.45, 2.75) is 59.0 Å². The lowest BCUT2D eigenvalue weighted by Gasteiger charge is -2.06. The monoisotopic (exact) mass is 315 g/mol. The Bertz CT molecular complexity index is 323. The molecule has 4 heteroatoms. The van der Waals surface area contributed by atoms with Crippen LogP contribution in [-0.4, -0.2) is 21.7 Å². The summed E-state index contributed by atoms with van der Waals surface area (Å²) in [5.41, 5.74) is 2.51. The smallest absolute Gasteiger partial charge is 0.0625 e. The van der Waals surface area contributed by atoms with Crippen molar-refractivity contribution in [3.63, 3.8) is 0 Å². The molecule has 1 aromatic heterocycles. The van der Waals surface area contributed by atoms with Crippen molar-refractivity contribution in [1.29, 1.82) is 0 Å². The Labute approximate surface area is 119 Å². The second kappa shape index (κ2) is 9.56. The molecule has 0 saturated heterocycles. The van der Waals surface area contributed by atoms with Gasteiger partial charge in [-0.3, -0.25) is 4.68 Å². The van der Waals surface area contributed by atoms with Gasteiger partial charge in [-0.1, -0.05) is 35.7 Å². The molecule has 0 aliphatic carbocycles. The van der Waals surface area contributed by atoms with E-state index in [1.54, 1.807) is 0 Å². The van der Waals surface area contributed by atoms with Crippen LogP contribution in [0.3, 0.4) is 0 Å². The van der Waals surface area contributed by atoms with Crippen molar-refractivity contribution in [3.05, 3.63) is 17.5 Å². The number of nitrogens with one attached hydrogen (secondary N) is 1. The maximum absolute atomic E-state index is 4.56. The maximum atomic E-state index is 4.56. The zero-order valence-corrected chi connectivity index (χ0v) is 13.3. The van der Waals surface area contributed by atoms with Gasteiger partial charge in [0.15, 0.2) is 0 Å². The van der Waals surface area contributed by atoms with Crippen LogP contribution in [-0.2, 0) is 19.5 Å². The summed E-state index contributed by atoms with van der Waals surface area (Å²) in [6, 6.07) is 2.22. The molecule has 0 spiro atoms. The number of alkyl halides is 1. The molecule has 0 saturated carbocycles. The van der Waals surface area contributed by atoms with Crippen LogP contribution in [0, 0.1) is 0 Å². The molecule has 18 heavy (non-hydrogen) atoms. The molecule has 3 nitrogen and oxygen atoms in total. The highest BCUT2D eigenvalue weighted by Gasteiger charge is 2.04. The molecule has 1 heterocycles. The van der Waals surface area contributed by atoms with Gasteiger partial charge in [0.2, 0.25) is 0 Å². The first-order valence-electron chi connectivity index (χ1n) is 7.14. The molecule has 0 bridgehead atoms. The van der Waals surface area contributed by atoms with Gasteiger partial charge in [0.1, 0.15) is 0 Å². The molecule has 0 aliphatic rings. The molecule has 0 atom stereocenters. The first-order valence-corrected chi connectivity index (χ1v) is 8.26. The van der Waals surface area contributed by atoms with Gasteiger partial charge >= 0.3 is 0 Å². The maximum Gasteiger partial charge on any atom is 0.0625 e. The molecular formula is C14H26BrN3. The fourth-order valence-corrected chi connectivity index (χ4v) is 2.41. The summed E-state index contributed by atoms with van der Waals surface area (Å²) in [7, 11) is 0. The standard InChI is InChI=1S/C14H26BrN3/c1-3-13-11-14(18(4-2)17-13)12-16-10-8-6-5-7-9-15/h11,16H,3-10,12H2,1-2H3. The average Bonchev–Trinajstić information content (AvgIpc) is 2.80.